The molecule has 0 bridgehead atoms. The first-order valence-corrected chi connectivity index (χ1v) is 12.1. The van der Waals surface area contributed by atoms with Crippen molar-refractivity contribution in [2.75, 3.05) is 7.05 Å². The molecule has 34 heavy (non-hydrogen) atoms. The van der Waals surface area contributed by atoms with Crippen molar-refractivity contribution in [3.8, 4) is 0 Å². The molecule has 4 rings (SSSR count). The quantitative estimate of drug-likeness (QED) is 0.418. The Labute approximate surface area is 205 Å². The Morgan fingerprint density at radius 3 is 2.62 bits per heavy atom. The highest BCUT2D eigenvalue weighted by Crippen LogP contribution is 2.27. The van der Waals surface area contributed by atoms with Crippen molar-refractivity contribution in [3.05, 3.63) is 81.9 Å². The molecule has 2 aromatic heterocycles. The molecule has 1 aliphatic heterocycles. The van der Waals surface area contributed by atoms with E-state index in [1.165, 1.54) is 0 Å². The van der Waals surface area contributed by atoms with Crippen LogP contribution in [0.4, 0.5) is 0 Å². The van der Waals surface area contributed by atoms with E-state index in [1.807, 2.05) is 36.4 Å². The zero-order chi connectivity index (χ0) is 24.2. The van der Waals surface area contributed by atoms with Gasteiger partial charge in [-0.15, -0.1) is 0 Å². The van der Waals surface area contributed by atoms with Gasteiger partial charge in [0.2, 0.25) is 0 Å². The number of hydrogen-bond acceptors (Lipinski definition) is 5. The van der Waals surface area contributed by atoms with E-state index in [2.05, 4.69) is 34.3 Å². The summed E-state index contributed by atoms with van der Waals surface area (Å²) in [4.78, 5) is 18.6. The summed E-state index contributed by atoms with van der Waals surface area (Å²) in [5.74, 6) is 0.326. The Morgan fingerprint density at radius 2 is 1.97 bits per heavy atom. The zero-order valence-corrected chi connectivity index (χ0v) is 20.6. The van der Waals surface area contributed by atoms with Crippen LogP contribution in [0, 0.1) is 0 Å². The molecule has 0 aliphatic carbocycles. The van der Waals surface area contributed by atoms with Crippen molar-refractivity contribution >= 4 is 17.5 Å². The number of nitrogens with one attached hydrogen (secondary N) is 2. The number of rotatable bonds is 8. The number of amides is 1. The lowest BCUT2D eigenvalue weighted by Gasteiger charge is -2.20. The number of halogens is 1. The number of aliphatic hydroxyl groups is 1. The van der Waals surface area contributed by atoms with Crippen LogP contribution in [0.2, 0.25) is 5.15 Å². The van der Waals surface area contributed by atoms with Gasteiger partial charge in [-0.2, -0.15) is 5.10 Å². The first kappa shape index (κ1) is 24.4. The van der Waals surface area contributed by atoms with E-state index in [0.29, 0.717) is 23.2 Å². The second-order valence-corrected chi connectivity index (χ2v) is 9.83. The third-order valence-electron chi connectivity index (χ3n) is 6.43. The minimum absolute atomic E-state index is 0.0128. The molecule has 1 saturated heterocycles. The van der Waals surface area contributed by atoms with Crippen molar-refractivity contribution < 1.29 is 9.90 Å². The first-order chi connectivity index (χ1) is 16.3. The Bertz CT molecular complexity index is 1100. The summed E-state index contributed by atoms with van der Waals surface area (Å²) in [5.41, 5.74) is 4.52. The lowest BCUT2D eigenvalue weighted by Crippen LogP contribution is -2.35. The molecular weight excluding hydrogens is 450 g/mol. The Hall–Kier alpha value is -2.74. The summed E-state index contributed by atoms with van der Waals surface area (Å²) in [6.07, 6.45) is 3.73. The van der Waals surface area contributed by atoms with Gasteiger partial charge in [0.25, 0.3) is 5.91 Å². The van der Waals surface area contributed by atoms with Crippen molar-refractivity contribution in [1.82, 2.24) is 25.4 Å². The first-order valence-electron chi connectivity index (χ1n) is 11.7. The number of carbonyl (C=O) groups excluding carboxylic acids is 1. The molecule has 1 aromatic carbocycles. The van der Waals surface area contributed by atoms with Crippen LogP contribution in [0.15, 0.2) is 48.7 Å². The van der Waals surface area contributed by atoms with Crippen LogP contribution in [0.3, 0.4) is 0 Å². The third-order valence-corrected chi connectivity index (χ3v) is 6.65. The second-order valence-electron chi connectivity index (χ2n) is 9.44. The number of aromatic amines is 1. The average molecular weight is 482 g/mol. The summed E-state index contributed by atoms with van der Waals surface area (Å²) >= 11 is 5.85. The molecular formula is C26H32ClN5O2. The van der Waals surface area contributed by atoms with Crippen molar-refractivity contribution in [2.45, 2.75) is 63.8 Å². The fourth-order valence-corrected chi connectivity index (χ4v) is 4.54. The largest absolute Gasteiger partial charge is 0.387 e. The predicted molar refractivity (Wildman–Crippen MR) is 133 cm³/mol. The van der Waals surface area contributed by atoms with Gasteiger partial charge in [0, 0.05) is 36.5 Å². The van der Waals surface area contributed by atoms with Gasteiger partial charge in [-0.05, 0) is 55.0 Å². The maximum absolute atomic E-state index is 12.9. The molecule has 180 valence electrons. The molecule has 1 amide bonds. The van der Waals surface area contributed by atoms with Gasteiger partial charge < -0.3 is 15.3 Å². The molecule has 8 heteroatoms. The summed E-state index contributed by atoms with van der Waals surface area (Å²) < 4.78 is 0. The maximum atomic E-state index is 12.9. The minimum atomic E-state index is -0.614. The molecule has 0 spiro atoms. The third kappa shape index (κ3) is 5.84. The highest BCUT2D eigenvalue weighted by Gasteiger charge is 2.30. The number of nitrogens with zero attached hydrogens (tertiary/aromatic N) is 3. The Morgan fingerprint density at radius 1 is 1.21 bits per heavy atom. The van der Waals surface area contributed by atoms with Crippen LogP contribution in [-0.4, -0.2) is 50.2 Å². The molecule has 3 N–H and O–H groups in total. The number of aliphatic hydroxyl groups excluding tert-OH is 1. The van der Waals surface area contributed by atoms with E-state index >= 15 is 0 Å². The SMILES string of the molecule is CC(C)c1cc(CN(C)C(=O)c2ccc(CC3CCC(C(O)c4ccc(Cl)nc4)N3)cc2)[nH]n1. The van der Waals surface area contributed by atoms with Crippen molar-refractivity contribution in [2.24, 2.45) is 0 Å². The number of H-pyrrole nitrogens is 1. The van der Waals surface area contributed by atoms with Gasteiger partial charge in [0.15, 0.2) is 0 Å². The minimum Gasteiger partial charge on any atom is -0.387 e. The lowest BCUT2D eigenvalue weighted by atomic mass is 10.0. The number of benzene rings is 1. The molecule has 1 fully saturated rings. The molecule has 1 aliphatic rings. The van der Waals surface area contributed by atoms with Crippen LogP contribution >= 0.6 is 11.6 Å². The molecule has 7 nitrogen and oxygen atoms in total. The van der Waals surface area contributed by atoms with Crippen LogP contribution in [-0.2, 0) is 13.0 Å². The van der Waals surface area contributed by atoms with E-state index < -0.39 is 6.10 Å². The number of carbonyl (C=O) groups is 1. The summed E-state index contributed by atoms with van der Waals surface area (Å²) in [6.45, 7) is 4.67. The predicted octanol–water partition coefficient (Wildman–Crippen LogP) is 4.25. The van der Waals surface area contributed by atoms with Gasteiger partial charge in [0.05, 0.1) is 24.0 Å². The van der Waals surface area contributed by atoms with Crippen LogP contribution < -0.4 is 5.32 Å². The molecule has 3 unspecified atom stereocenters. The van der Waals surface area contributed by atoms with E-state index in [9.17, 15) is 9.90 Å². The smallest absolute Gasteiger partial charge is 0.253 e. The highest BCUT2D eigenvalue weighted by atomic mass is 35.5. The highest BCUT2D eigenvalue weighted by molar-refractivity contribution is 6.29. The van der Waals surface area contributed by atoms with Gasteiger partial charge in [-0.1, -0.05) is 43.6 Å². The number of pyridine rings is 1. The van der Waals surface area contributed by atoms with Gasteiger partial charge in [-0.3, -0.25) is 9.89 Å². The van der Waals surface area contributed by atoms with Crippen LogP contribution in [0.5, 0.6) is 0 Å². The number of aromatic nitrogens is 3. The molecule has 0 saturated carbocycles. The normalized spacial score (nSPS) is 18.9. The fraction of sp³-hybridized carbons (Fsp3) is 0.423. The molecule has 3 aromatic rings. The van der Waals surface area contributed by atoms with Gasteiger partial charge in [-0.25, -0.2) is 4.98 Å². The van der Waals surface area contributed by atoms with Crippen molar-refractivity contribution in [1.29, 1.82) is 0 Å². The molecule has 0 radical (unpaired) electrons. The topological polar surface area (TPSA) is 94.1 Å². The average Bonchev–Trinajstić information content (AvgIpc) is 3.49. The van der Waals surface area contributed by atoms with Gasteiger partial charge >= 0.3 is 0 Å². The van der Waals surface area contributed by atoms with E-state index in [-0.39, 0.29) is 18.0 Å². The standard InChI is InChI=1S/C26H32ClN5O2/c1-16(2)23-13-21(30-31-23)15-32(3)26(34)18-6-4-17(5-7-18)12-20-9-10-22(29-20)25(33)19-8-11-24(27)28-14-19/h4-8,11,13-14,16,20,22,25,29,33H,9-10,12,15H2,1-3H3,(H,30,31). The summed E-state index contributed by atoms with van der Waals surface area (Å²) in [5, 5.41) is 22.0. The second kappa shape index (κ2) is 10.7. The fourth-order valence-electron chi connectivity index (χ4n) is 4.43. The lowest BCUT2D eigenvalue weighted by molar-refractivity contribution is 0.0783. The van der Waals surface area contributed by atoms with Crippen LogP contribution in [0.25, 0.3) is 0 Å². The summed E-state index contributed by atoms with van der Waals surface area (Å²) in [7, 11) is 1.80. The Balaban J connectivity index is 1.30. The summed E-state index contributed by atoms with van der Waals surface area (Å²) in [6, 6.07) is 13.6. The molecule has 3 heterocycles. The van der Waals surface area contributed by atoms with E-state index in [4.69, 9.17) is 11.6 Å². The molecule has 3 atom stereocenters. The maximum Gasteiger partial charge on any atom is 0.253 e. The van der Waals surface area contributed by atoms with Gasteiger partial charge in [0.1, 0.15) is 5.15 Å². The number of hydrogen-bond donors (Lipinski definition) is 3. The monoisotopic (exact) mass is 481 g/mol. The van der Waals surface area contributed by atoms with Crippen LogP contribution in [0.1, 0.15) is 71.6 Å². The Kier molecular flexibility index (Phi) is 7.66. The van der Waals surface area contributed by atoms with E-state index in [1.54, 1.807) is 24.2 Å². The zero-order valence-electron chi connectivity index (χ0n) is 19.8. The van der Waals surface area contributed by atoms with E-state index in [0.717, 1.165) is 41.8 Å². The van der Waals surface area contributed by atoms with Crippen molar-refractivity contribution in [3.63, 3.8) is 0 Å².